The summed E-state index contributed by atoms with van der Waals surface area (Å²) in [6, 6.07) is 90.1. The van der Waals surface area contributed by atoms with Crippen LogP contribution in [0.3, 0.4) is 0 Å². The fourth-order valence-corrected chi connectivity index (χ4v) is 15.3. The maximum atomic E-state index is 6.41. The van der Waals surface area contributed by atoms with Crippen LogP contribution in [0.5, 0.6) is 0 Å². The summed E-state index contributed by atoms with van der Waals surface area (Å²) in [7, 11) is -0.377. The molecule has 0 radical (unpaired) electrons. The maximum absolute atomic E-state index is 6.41. The number of pyridine rings is 2. The Morgan fingerprint density at radius 2 is 0.714 bits per heavy atom. The lowest BCUT2D eigenvalue weighted by Gasteiger charge is -2.32. The van der Waals surface area contributed by atoms with Crippen LogP contribution in [0.1, 0.15) is 77.6 Å². The van der Waals surface area contributed by atoms with Gasteiger partial charge in [-0.15, -0.1) is 0 Å². The van der Waals surface area contributed by atoms with Crippen molar-refractivity contribution in [3.05, 3.63) is 294 Å². The third-order valence-corrected chi connectivity index (χ3v) is 21.4. The van der Waals surface area contributed by atoms with E-state index >= 15 is 0 Å². The van der Waals surface area contributed by atoms with Gasteiger partial charge in [0, 0.05) is 49.6 Å². The Morgan fingerprint density at radius 1 is 0.316 bits per heavy atom. The summed E-state index contributed by atoms with van der Waals surface area (Å²) < 4.78 is 25.8. The molecule has 0 atom stereocenters. The van der Waals surface area contributed by atoms with Crippen LogP contribution in [0.25, 0.3) is 144 Å². The highest BCUT2D eigenvalue weighted by molar-refractivity contribution is 9.10. The molecule has 16 aromatic rings. The average Bonchev–Trinajstić information content (AvgIpc) is 1.56. The fraction of sp³-hybridized carbons (Fsp3) is 0.136. The van der Waals surface area contributed by atoms with E-state index in [4.69, 9.17) is 23.1 Å². The van der Waals surface area contributed by atoms with Gasteiger partial charge in [-0.3, -0.25) is 9.97 Å². The van der Waals surface area contributed by atoms with Crippen molar-refractivity contribution in [1.82, 2.24) is 19.9 Å². The van der Waals surface area contributed by atoms with Gasteiger partial charge in [0.1, 0.15) is 11.0 Å². The Bertz CT molecular complexity index is 5890. The number of fused-ring (bicyclic) bond motifs is 12. The van der Waals surface area contributed by atoms with E-state index in [0.29, 0.717) is 11.8 Å². The number of rotatable bonds is 6. The minimum atomic E-state index is -0.377. The summed E-state index contributed by atoms with van der Waals surface area (Å²) in [6.45, 7) is 17.8. The molecule has 2 aliphatic carbocycles. The molecule has 1 fully saturated rings. The smallest absolute Gasteiger partial charge is 0.436 e. The first-order valence-electron chi connectivity index (χ1n) is 33.5. The van der Waals surface area contributed by atoms with Gasteiger partial charge in [-0.05, 0) is 224 Å². The topological polar surface area (TPSA) is 96.3 Å². The van der Waals surface area contributed by atoms with E-state index in [9.17, 15) is 0 Å². The second-order valence-electron chi connectivity index (χ2n) is 28.1. The minimum absolute atomic E-state index is 0.0135. The molecular weight excluding hydrogens is 1270 g/mol. The lowest BCUT2D eigenvalue weighted by molar-refractivity contribution is 0.00578. The van der Waals surface area contributed by atoms with Crippen molar-refractivity contribution >= 4 is 94.1 Å². The number of nitrogens with zero attached hydrogens (tertiary/aromatic N) is 4. The Kier molecular flexibility index (Phi) is 14.5. The van der Waals surface area contributed by atoms with Crippen LogP contribution in [-0.4, -0.2) is 38.3 Å². The Balaban J connectivity index is 0.000000118. The molecule has 0 bridgehead atoms. The van der Waals surface area contributed by atoms with Gasteiger partial charge >= 0.3 is 7.12 Å². The molecule has 19 rings (SSSR count). The zero-order chi connectivity index (χ0) is 66.8. The van der Waals surface area contributed by atoms with Crippen LogP contribution in [0.15, 0.2) is 280 Å². The van der Waals surface area contributed by atoms with E-state index in [-0.39, 0.29) is 29.2 Å². The largest absolute Gasteiger partial charge is 0.495 e. The summed E-state index contributed by atoms with van der Waals surface area (Å²) in [5.41, 5.74) is 25.7. The van der Waals surface area contributed by atoms with Crippen molar-refractivity contribution in [1.29, 1.82) is 0 Å². The molecule has 0 saturated carbocycles. The first kappa shape index (κ1) is 61.0. The molecule has 12 aromatic carbocycles. The van der Waals surface area contributed by atoms with Gasteiger partial charge in [-0.25, -0.2) is 9.97 Å². The van der Waals surface area contributed by atoms with Gasteiger partial charge < -0.3 is 18.1 Å². The fourth-order valence-electron chi connectivity index (χ4n) is 15.0. The van der Waals surface area contributed by atoms with Crippen LogP contribution >= 0.6 is 15.9 Å². The second-order valence-corrected chi connectivity index (χ2v) is 29.0. The minimum Gasteiger partial charge on any atom is -0.436 e. The number of halogens is 1. The zero-order valence-electron chi connectivity index (χ0n) is 55.8. The van der Waals surface area contributed by atoms with Crippen molar-refractivity contribution in [3.8, 4) is 78.5 Å². The lowest BCUT2D eigenvalue weighted by atomic mass is 9.74. The summed E-state index contributed by atoms with van der Waals surface area (Å²) >= 11 is 3.44. The quantitative estimate of drug-likeness (QED) is 0.152. The van der Waals surface area contributed by atoms with Crippen molar-refractivity contribution in [2.24, 2.45) is 0 Å². The molecule has 3 aliphatic rings. The Hall–Kier alpha value is -10.6. The maximum Gasteiger partial charge on any atom is 0.495 e. The molecule has 5 heterocycles. The number of oxazole rings is 2. The van der Waals surface area contributed by atoms with Crippen LogP contribution in [0.2, 0.25) is 0 Å². The van der Waals surface area contributed by atoms with Crippen molar-refractivity contribution in [2.45, 2.75) is 77.4 Å². The number of hydrogen-bond donors (Lipinski definition) is 0. The monoisotopic (exact) mass is 1330 g/mol. The summed E-state index contributed by atoms with van der Waals surface area (Å²) in [4.78, 5) is 18.2. The van der Waals surface area contributed by atoms with E-state index in [1.165, 1.54) is 93.9 Å². The third-order valence-electron chi connectivity index (χ3n) is 20.9. The molecule has 0 spiro atoms. The lowest BCUT2D eigenvalue weighted by Crippen LogP contribution is -2.41. The van der Waals surface area contributed by atoms with E-state index in [1.54, 1.807) is 6.20 Å². The van der Waals surface area contributed by atoms with Gasteiger partial charge in [0.25, 0.3) is 0 Å². The highest BCUT2D eigenvalue weighted by Crippen LogP contribution is 2.52. The standard InChI is InChI=1S/C41H28N2O.C31H31BO2.C16H9BrN2O/c1-41(2)35-12-6-5-11-33(35)34-16-13-25(23-36(34)41)29-17-18-30(32-10-4-3-9-31(29)32)26-15-20-39-38(24-26)43-40(44-39)28-14-19-37-27(22-28)8-7-21-42-37;1-29(2)26-14-10-9-12-23(26)24-16-15-20(19-27(24)29)21-17-18-28(25-13-8-7-11-22(21)25)32-33-30(3,4)31(5,6)34-32;17-12-4-6-15-14(9-12)19-16(20-15)11-3-5-13-10(8-11)2-1-7-18-13/h3-24H,1-2H3;7-19H,1-6H3;1-9H. The van der Waals surface area contributed by atoms with E-state index in [1.807, 2.05) is 79.0 Å². The normalized spacial score (nSPS) is 15.0. The molecule has 10 heteroatoms. The van der Waals surface area contributed by atoms with E-state index in [2.05, 4.69) is 268 Å². The van der Waals surface area contributed by atoms with Gasteiger partial charge in [-0.2, -0.15) is 0 Å². The molecular formula is C88H68BBrN4O4. The van der Waals surface area contributed by atoms with Crippen molar-refractivity contribution in [2.75, 3.05) is 0 Å². The predicted octanol–water partition coefficient (Wildman–Crippen LogP) is 22.8. The van der Waals surface area contributed by atoms with Crippen LogP contribution < -0.4 is 5.46 Å². The van der Waals surface area contributed by atoms with Gasteiger partial charge in [0.2, 0.25) is 11.8 Å². The van der Waals surface area contributed by atoms with Crippen LogP contribution in [0.4, 0.5) is 0 Å². The van der Waals surface area contributed by atoms with Crippen LogP contribution in [0, 0.1) is 0 Å². The van der Waals surface area contributed by atoms with Crippen LogP contribution in [-0.2, 0) is 20.1 Å². The SMILES string of the molecule is Brc1ccc2oc(-c3ccc4ncccc4c3)nc2c1.CC1(C)c2ccccc2-c2ccc(-c3ccc(-c4ccc5oc(-c6ccc7ncccc7c6)nc5c4)c4ccccc34)cc21.CC1(C)c2ccccc2-c2ccc(-c3ccc(B4OC(C)(C)C(C)(C)O4)c4ccccc34)cc21. The summed E-state index contributed by atoms with van der Waals surface area (Å²) in [5, 5.41) is 7.01. The predicted molar refractivity (Wildman–Crippen MR) is 406 cm³/mol. The van der Waals surface area contributed by atoms with Gasteiger partial charge in [0.05, 0.1) is 22.2 Å². The molecule has 4 aromatic heterocycles. The van der Waals surface area contributed by atoms with E-state index < -0.39 is 0 Å². The third kappa shape index (κ3) is 10.3. The van der Waals surface area contributed by atoms with Gasteiger partial charge in [0.15, 0.2) is 11.2 Å². The molecule has 98 heavy (non-hydrogen) atoms. The highest BCUT2D eigenvalue weighted by atomic mass is 79.9. The molecule has 1 saturated heterocycles. The Labute approximate surface area is 578 Å². The average molecular weight is 1340 g/mol. The van der Waals surface area contributed by atoms with E-state index in [0.717, 1.165) is 70.6 Å². The second kappa shape index (κ2) is 23.3. The summed E-state index contributed by atoms with van der Waals surface area (Å²) in [6.07, 6.45) is 3.60. The molecule has 0 amide bonds. The molecule has 0 N–H and O–H groups in total. The van der Waals surface area contributed by atoms with Crippen molar-refractivity contribution in [3.63, 3.8) is 0 Å². The highest BCUT2D eigenvalue weighted by Gasteiger charge is 2.52. The molecule has 1 aliphatic heterocycles. The first-order valence-corrected chi connectivity index (χ1v) is 34.3. The van der Waals surface area contributed by atoms with Crippen molar-refractivity contribution < 1.29 is 18.1 Å². The zero-order valence-corrected chi connectivity index (χ0v) is 57.4. The molecule has 8 nitrogen and oxygen atoms in total. The summed E-state index contributed by atoms with van der Waals surface area (Å²) in [5.74, 6) is 1.24. The number of benzene rings is 12. The number of aromatic nitrogens is 4. The molecule has 0 unspecified atom stereocenters. The Morgan fingerprint density at radius 3 is 1.23 bits per heavy atom. The first-order chi connectivity index (χ1) is 47.4. The number of hydrogen-bond acceptors (Lipinski definition) is 8. The van der Waals surface area contributed by atoms with Gasteiger partial charge in [-0.1, -0.05) is 207 Å². The molecule has 474 valence electrons.